The summed E-state index contributed by atoms with van der Waals surface area (Å²) in [5.41, 5.74) is 11.2. The van der Waals surface area contributed by atoms with E-state index in [1.807, 2.05) is 24.3 Å². The second kappa shape index (κ2) is 5.36. The molecule has 2 aromatic carbocycles. The van der Waals surface area contributed by atoms with Gasteiger partial charge in [0.25, 0.3) is 0 Å². The molecule has 0 fully saturated rings. The van der Waals surface area contributed by atoms with Gasteiger partial charge in [-0.1, -0.05) is 41.9 Å². The van der Waals surface area contributed by atoms with Gasteiger partial charge in [-0.15, -0.1) is 0 Å². The molecule has 0 saturated heterocycles. The van der Waals surface area contributed by atoms with Gasteiger partial charge in [0.2, 0.25) is 0 Å². The zero-order valence-corrected chi connectivity index (χ0v) is 12.5. The Balaban J connectivity index is 2.33. The van der Waals surface area contributed by atoms with Gasteiger partial charge in [-0.2, -0.15) is 0 Å². The molecule has 0 radical (unpaired) electrons. The van der Waals surface area contributed by atoms with Gasteiger partial charge in [0.15, 0.2) is 0 Å². The van der Waals surface area contributed by atoms with Gasteiger partial charge in [-0.25, -0.2) is 0 Å². The summed E-state index contributed by atoms with van der Waals surface area (Å²) in [5.74, 6) is 0. The fraction of sp³-hybridized carbons (Fsp3) is 0.294. The SMILES string of the molecule is Cc1cccc(C)c1CC(C)(N)c1ccc(Cl)cc1. The van der Waals surface area contributed by atoms with Crippen molar-refractivity contribution in [3.8, 4) is 0 Å². The van der Waals surface area contributed by atoms with Crippen molar-refractivity contribution in [2.24, 2.45) is 5.73 Å². The van der Waals surface area contributed by atoms with Crippen LogP contribution in [0.1, 0.15) is 29.2 Å². The van der Waals surface area contributed by atoms with Crippen LogP contribution in [0, 0.1) is 13.8 Å². The molecule has 1 atom stereocenters. The van der Waals surface area contributed by atoms with Crippen molar-refractivity contribution in [3.05, 3.63) is 69.7 Å². The highest BCUT2D eigenvalue weighted by molar-refractivity contribution is 6.30. The smallest absolute Gasteiger partial charge is 0.0422 e. The van der Waals surface area contributed by atoms with E-state index in [0.29, 0.717) is 0 Å². The molecule has 2 heteroatoms. The van der Waals surface area contributed by atoms with Crippen LogP contribution in [-0.2, 0) is 12.0 Å². The van der Waals surface area contributed by atoms with Crippen molar-refractivity contribution < 1.29 is 0 Å². The van der Waals surface area contributed by atoms with Gasteiger partial charge in [0.1, 0.15) is 0 Å². The minimum atomic E-state index is -0.387. The Bertz CT molecular complexity index is 550. The number of halogens is 1. The first-order valence-electron chi connectivity index (χ1n) is 6.50. The standard InChI is InChI=1S/C17H20ClN/c1-12-5-4-6-13(2)16(12)11-17(3,19)14-7-9-15(18)10-8-14/h4-10H,11,19H2,1-3H3. The third-order valence-electron chi connectivity index (χ3n) is 3.69. The molecule has 0 spiro atoms. The number of hydrogen-bond acceptors (Lipinski definition) is 1. The summed E-state index contributed by atoms with van der Waals surface area (Å²) in [7, 11) is 0. The summed E-state index contributed by atoms with van der Waals surface area (Å²) in [4.78, 5) is 0. The fourth-order valence-corrected chi connectivity index (χ4v) is 2.55. The highest BCUT2D eigenvalue weighted by Gasteiger charge is 2.23. The van der Waals surface area contributed by atoms with Gasteiger partial charge >= 0.3 is 0 Å². The van der Waals surface area contributed by atoms with Crippen molar-refractivity contribution in [2.45, 2.75) is 32.7 Å². The molecule has 0 heterocycles. The van der Waals surface area contributed by atoms with E-state index in [9.17, 15) is 0 Å². The van der Waals surface area contributed by atoms with Gasteiger partial charge < -0.3 is 5.73 Å². The Hall–Kier alpha value is -1.31. The van der Waals surface area contributed by atoms with Crippen LogP contribution in [-0.4, -0.2) is 0 Å². The Labute approximate surface area is 120 Å². The third-order valence-corrected chi connectivity index (χ3v) is 3.94. The van der Waals surface area contributed by atoms with Crippen LogP contribution in [0.3, 0.4) is 0 Å². The number of hydrogen-bond donors (Lipinski definition) is 1. The van der Waals surface area contributed by atoms with E-state index in [1.165, 1.54) is 16.7 Å². The van der Waals surface area contributed by atoms with E-state index < -0.39 is 0 Å². The quantitative estimate of drug-likeness (QED) is 0.883. The molecule has 0 aliphatic carbocycles. The average molecular weight is 274 g/mol. The van der Waals surface area contributed by atoms with Crippen LogP contribution in [0.15, 0.2) is 42.5 Å². The monoisotopic (exact) mass is 273 g/mol. The molecule has 0 aromatic heterocycles. The Kier molecular flexibility index (Phi) is 3.98. The molecule has 2 N–H and O–H groups in total. The highest BCUT2D eigenvalue weighted by atomic mass is 35.5. The van der Waals surface area contributed by atoms with E-state index in [-0.39, 0.29) is 5.54 Å². The number of rotatable bonds is 3. The molecule has 1 nitrogen and oxygen atoms in total. The molecule has 2 aromatic rings. The van der Waals surface area contributed by atoms with Crippen molar-refractivity contribution >= 4 is 11.6 Å². The van der Waals surface area contributed by atoms with E-state index >= 15 is 0 Å². The van der Waals surface area contributed by atoms with Crippen LogP contribution >= 0.6 is 11.6 Å². The molecule has 0 aliphatic heterocycles. The van der Waals surface area contributed by atoms with Gasteiger partial charge in [-0.05, 0) is 61.6 Å². The zero-order valence-electron chi connectivity index (χ0n) is 11.7. The number of aryl methyl sites for hydroxylation is 2. The van der Waals surface area contributed by atoms with Crippen LogP contribution < -0.4 is 5.73 Å². The molecule has 0 bridgehead atoms. The number of benzene rings is 2. The minimum absolute atomic E-state index is 0.387. The maximum Gasteiger partial charge on any atom is 0.0422 e. The highest BCUT2D eigenvalue weighted by Crippen LogP contribution is 2.27. The average Bonchev–Trinajstić information content (AvgIpc) is 2.35. The van der Waals surface area contributed by atoms with E-state index in [1.54, 1.807) is 0 Å². The first kappa shape index (κ1) is 14.1. The molecule has 0 saturated carbocycles. The lowest BCUT2D eigenvalue weighted by atomic mass is 9.84. The summed E-state index contributed by atoms with van der Waals surface area (Å²) in [6, 6.07) is 14.2. The van der Waals surface area contributed by atoms with Crippen LogP contribution in [0.2, 0.25) is 5.02 Å². The molecule has 19 heavy (non-hydrogen) atoms. The largest absolute Gasteiger partial charge is 0.321 e. The molecule has 0 aliphatic rings. The Morgan fingerprint density at radius 2 is 1.53 bits per heavy atom. The second-order valence-electron chi connectivity index (χ2n) is 5.47. The van der Waals surface area contributed by atoms with Crippen LogP contribution in [0.25, 0.3) is 0 Å². The van der Waals surface area contributed by atoms with Crippen molar-refractivity contribution in [3.63, 3.8) is 0 Å². The summed E-state index contributed by atoms with van der Waals surface area (Å²) < 4.78 is 0. The van der Waals surface area contributed by atoms with Gasteiger partial charge in [0, 0.05) is 10.6 Å². The van der Waals surface area contributed by atoms with Gasteiger partial charge in [-0.3, -0.25) is 0 Å². The molecular formula is C17H20ClN. The van der Waals surface area contributed by atoms with Crippen molar-refractivity contribution in [1.82, 2.24) is 0 Å². The lowest BCUT2D eigenvalue weighted by molar-refractivity contribution is 0.489. The normalized spacial score (nSPS) is 14.2. The molecule has 1 unspecified atom stereocenters. The predicted molar refractivity (Wildman–Crippen MR) is 82.6 cm³/mol. The summed E-state index contributed by atoms with van der Waals surface area (Å²) in [5, 5.41) is 0.742. The maximum absolute atomic E-state index is 6.51. The molecule has 0 amide bonds. The molecular weight excluding hydrogens is 254 g/mol. The van der Waals surface area contributed by atoms with Gasteiger partial charge in [0.05, 0.1) is 0 Å². The Morgan fingerprint density at radius 1 is 1.00 bits per heavy atom. The summed E-state index contributed by atoms with van der Waals surface area (Å²) in [6.07, 6.45) is 0.827. The van der Waals surface area contributed by atoms with E-state index in [0.717, 1.165) is 17.0 Å². The maximum atomic E-state index is 6.51. The minimum Gasteiger partial charge on any atom is -0.321 e. The van der Waals surface area contributed by atoms with E-state index in [4.69, 9.17) is 17.3 Å². The van der Waals surface area contributed by atoms with E-state index in [2.05, 4.69) is 39.0 Å². The first-order chi connectivity index (χ1) is 8.90. The van der Waals surface area contributed by atoms with Crippen LogP contribution in [0.4, 0.5) is 0 Å². The molecule has 100 valence electrons. The summed E-state index contributed by atoms with van der Waals surface area (Å²) >= 11 is 5.93. The van der Waals surface area contributed by atoms with Crippen molar-refractivity contribution in [1.29, 1.82) is 0 Å². The van der Waals surface area contributed by atoms with Crippen molar-refractivity contribution in [2.75, 3.05) is 0 Å². The topological polar surface area (TPSA) is 26.0 Å². The Morgan fingerprint density at radius 3 is 2.05 bits per heavy atom. The summed E-state index contributed by atoms with van der Waals surface area (Å²) in [6.45, 7) is 6.35. The van der Waals surface area contributed by atoms with Crippen LogP contribution in [0.5, 0.6) is 0 Å². The lowest BCUT2D eigenvalue weighted by Crippen LogP contribution is -2.35. The predicted octanol–water partition coefficient (Wildman–Crippen LogP) is 4.37. The first-order valence-corrected chi connectivity index (χ1v) is 6.88. The second-order valence-corrected chi connectivity index (χ2v) is 5.91. The third kappa shape index (κ3) is 3.17. The number of nitrogens with two attached hydrogens (primary N) is 1. The zero-order chi connectivity index (χ0) is 14.0. The fourth-order valence-electron chi connectivity index (χ4n) is 2.43. The molecule has 2 rings (SSSR count). The lowest BCUT2D eigenvalue weighted by Gasteiger charge is -2.27.